The lowest BCUT2D eigenvalue weighted by Gasteiger charge is -2.06. The second-order valence-corrected chi connectivity index (χ2v) is 4.91. The molecule has 1 aliphatic rings. The first-order valence-corrected chi connectivity index (χ1v) is 6.79. The first-order valence-electron chi connectivity index (χ1n) is 6.79. The molecule has 6 heteroatoms. The third-order valence-corrected chi connectivity index (χ3v) is 3.48. The van der Waals surface area contributed by atoms with E-state index in [9.17, 15) is 4.79 Å². The molecule has 2 heterocycles. The summed E-state index contributed by atoms with van der Waals surface area (Å²) in [5, 5.41) is 2.87. The number of carbonyl (C=O) groups is 1. The van der Waals surface area contributed by atoms with Gasteiger partial charge in [0.1, 0.15) is 5.52 Å². The van der Waals surface area contributed by atoms with Crippen LogP contribution >= 0.6 is 0 Å². The van der Waals surface area contributed by atoms with Crippen molar-refractivity contribution in [3.63, 3.8) is 0 Å². The normalized spacial score (nSPS) is 12.5. The molecule has 1 aliphatic heterocycles. The van der Waals surface area contributed by atoms with E-state index in [0.717, 1.165) is 11.1 Å². The quantitative estimate of drug-likeness (QED) is 0.803. The summed E-state index contributed by atoms with van der Waals surface area (Å²) in [5.74, 6) is 1.08. The van der Waals surface area contributed by atoms with E-state index in [1.807, 2.05) is 18.2 Å². The SMILES string of the molecule is O=C(NCc1ccc2ncoc2c1)c1ccc2c(c1)OCO2. The zero-order valence-corrected chi connectivity index (χ0v) is 11.5. The average molecular weight is 296 g/mol. The van der Waals surface area contributed by atoms with Crippen molar-refractivity contribution in [3.8, 4) is 11.5 Å². The van der Waals surface area contributed by atoms with Crippen LogP contribution in [0.15, 0.2) is 47.2 Å². The van der Waals surface area contributed by atoms with E-state index >= 15 is 0 Å². The van der Waals surface area contributed by atoms with Gasteiger partial charge in [0, 0.05) is 12.1 Å². The van der Waals surface area contributed by atoms with Crippen LogP contribution in [0.4, 0.5) is 0 Å². The molecule has 0 spiro atoms. The van der Waals surface area contributed by atoms with E-state index in [0.29, 0.717) is 29.2 Å². The number of aromatic nitrogens is 1. The van der Waals surface area contributed by atoms with E-state index in [2.05, 4.69) is 10.3 Å². The van der Waals surface area contributed by atoms with Gasteiger partial charge in [-0.05, 0) is 35.9 Å². The summed E-state index contributed by atoms with van der Waals surface area (Å²) in [6.07, 6.45) is 1.40. The van der Waals surface area contributed by atoms with Gasteiger partial charge in [0.2, 0.25) is 6.79 Å². The number of hydrogen-bond donors (Lipinski definition) is 1. The van der Waals surface area contributed by atoms with Crippen molar-refractivity contribution in [2.24, 2.45) is 0 Å². The van der Waals surface area contributed by atoms with Crippen LogP contribution < -0.4 is 14.8 Å². The lowest BCUT2D eigenvalue weighted by Crippen LogP contribution is -2.22. The first kappa shape index (κ1) is 12.7. The Morgan fingerprint density at radius 3 is 3.00 bits per heavy atom. The van der Waals surface area contributed by atoms with Crippen molar-refractivity contribution >= 4 is 17.0 Å². The lowest BCUT2D eigenvalue weighted by atomic mass is 10.1. The van der Waals surface area contributed by atoms with Crippen LogP contribution in [0, 0.1) is 0 Å². The van der Waals surface area contributed by atoms with Gasteiger partial charge in [-0.25, -0.2) is 4.98 Å². The van der Waals surface area contributed by atoms with Crippen molar-refractivity contribution < 1.29 is 18.7 Å². The van der Waals surface area contributed by atoms with Crippen molar-refractivity contribution in [1.82, 2.24) is 10.3 Å². The fraction of sp³-hybridized carbons (Fsp3) is 0.125. The monoisotopic (exact) mass is 296 g/mol. The number of rotatable bonds is 3. The number of nitrogens with zero attached hydrogens (tertiary/aromatic N) is 1. The molecule has 0 unspecified atom stereocenters. The fourth-order valence-electron chi connectivity index (χ4n) is 2.33. The number of ether oxygens (including phenoxy) is 2. The Labute approximate surface area is 125 Å². The van der Waals surface area contributed by atoms with Gasteiger partial charge in [0.05, 0.1) is 0 Å². The zero-order chi connectivity index (χ0) is 14.9. The second kappa shape index (κ2) is 5.07. The third-order valence-electron chi connectivity index (χ3n) is 3.48. The van der Waals surface area contributed by atoms with E-state index in [4.69, 9.17) is 13.9 Å². The highest BCUT2D eigenvalue weighted by molar-refractivity contribution is 5.94. The smallest absolute Gasteiger partial charge is 0.251 e. The minimum absolute atomic E-state index is 0.170. The third kappa shape index (κ3) is 2.24. The summed E-state index contributed by atoms with van der Waals surface area (Å²) in [7, 11) is 0. The lowest BCUT2D eigenvalue weighted by molar-refractivity contribution is 0.0950. The molecule has 0 saturated carbocycles. The first-order chi connectivity index (χ1) is 10.8. The number of nitrogens with one attached hydrogen (secondary N) is 1. The fourth-order valence-corrected chi connectivity index (χ4v) is 2.33. The van der Waals surface area contributed by atoms with Crippen molar-refractivity contribution in [2.45, 2.75) is 6.54 Å². The van der Waals surface area contributed by atoms with Crippen LogP contribution in [-0.4, -0.2) is 17.7 Å². The molecule has 110 valence electrons. The van der Waals surface area contributed by atoms with Crippen LogP contribution in [0.3, 0.4) is 0 Å². The van der Waals surface area contributed by atoms with Gasteiger partial charge < -0.3 is 19.2 Å². The molecule has 2 aromatic carbocycles. The Morgan fingerprint density at radius 2 is 2.05 bits per heavy atom. The zero-order valence-electron chi connectivity index (χ0n) is 11.5. The molecule has 6 nitrogen and oxygen atoms in total. The molecule has 22 heavy (non-hydrogen) atoms. The molecule has 0 fully saturated rings. The Morgan fingerprint density at radius 1 is 1.14 bits per heavy atom. The second-order valence-electron chi connectivity index (χ2n) is 4.91. The van der Waals surface area contributed by atoms with Gasteiger partial charge in [-0.15, -0.1) is 0 Å². The Hall–Kier alpha value is -3.02. The molecular formula is C16H12N2O4. The molecule has 0 aliphatic carbocycles. The van der Waals surface area contributed by atoms with Gasteiger partial charge >= 0.3 is 0 Å². The van der Waals surface area contributed by atoms with Crippen molar-refractivity contribution in [3.05, 3.63) is 53.9 Å². The summed E-state index contributed by atoms with van der Waals surface area (Å²) in [5.41, 5.74) is 2.98. The number of oxazole rings is 1. The number of amides is 1. The summed E-state index contributed by atoms with van der Waals surface area (Å²) in [4.78, 5) is 16.2. The highest BCUT2D eigenvalue weighted by Gasteiger charge is 2.16. The Balaban J connectivity index is 1.47. The largest absolute Gasteiger partial charge is 0.454 e. The van der Waals surface area contributed by atoms with Crippen LogP contribution in [0.1, 0.15) is 15.9 Å². The van der Waals surface area contributed by atoms with Crippen LogP contribution in [-0.2, 0) is 6.54 Å². The number of fused-ring (bicyclic) bond motifs is 2. The minimum Gasteiger partial charge on any atom is -0.454 e. The van der Waals surface area contributed by atoms with E-state index in [-0.39, 0.29) is 12.7 Å². The van der Waals surface area contributed by atoms with Crippen LogP contribution in [0.5, 0.6) is 11.5 Å². The molecule has 0 atom stereocenters. The number of benzene rings is 2. The Bertz CT molecular complexity index is 856. The van der Waals surface area contributed by atoms with Gasteiger partial charge in [0.15, 0.2) is 23.5 Å². The molecule has 0 saturated heterocycles. The average Bonchev–Trinajstić information content (AvgIpc) is 3.19. The highest BCUT2D eigenvalue weighted by Crippen LogP contribution is 2.32. The molecule has 1 N–H and O–H groups in total. The van der Waals surface area contributed by atoms with Gasteiger partial charge in [-0.1, -0.05) is 6.07 Å². The molecular weight excluding hydrogens is 284 g/mol. The molecule has 1 aromatic heterocycles. The van der Waals surface area contributed by atoms with Gasteiger partial charge in [-0.2, -0.15) is 0 Å². The minimum atomic E-state index is -0.170. The summed E-state index contributed by atoms with van der Waals surface area (Å²) in [6.45, 7) is 0.599. The maximum atomic E-state index is 12.2. The van der Waals surface area contributed by atoms with Crippen molar-refractivity contribution in [1.29, 1.82) is 0 Å². The molecule has 0 radical (unpaired) electrons. The van der Waals surface area contributed by atoms with Crippen LogP contribution in [0.25, 0.3) is 11.1 Å². The molecule has 0 bridgehead atoms. The highest BCUT2D eigenvalue weighted by atomic mass is 16.7. The standard InChI is InChI=1S/C16H12N2O4/c19-16(11-2-4-13-15(6-11)22-9-21-13)17-7-10-1-3-12-14(5-10)20-8-18-12/h1-6,8H,7,9H2,(H,17,19). The molecule has 3 aromatic rings. The summed E-state index contributed by atoms with van der Waals surface area (Å²) in [6, 6.07) is 10.8. The van der Waals surface area contributed by atoms with E-state index in [1.165, 1.54) is 6.39 Å². The van der Waals surface area contributed by atoms with Gasteiger partial charge in [-0.3, -0.25) is 4.79 Å². The molecule has 1 amide bonds. The van der Waals surface area contributed by atoms with Crippen molar-refractivity contribution in [2.75, 3.05) is 6.79 Å². The maximum absolute atomic E-state index is 12.2. The van der Waals surface area contributed by atoms with E-state index in [1.54, 1.807) is 18.2 Å². The predicted octanol–water partition coefficient (Wildman–Crippen LogP) is 2.49. The number of hydrogen-bond acceptors (Lipinski definition) is 5. The van der Waals surface area contributed by atoms with Gasteiger partial charge in [0.25, 0.3) is 5.91 Å². The Kier molecular flexibility index (Phi) is 2.93. The summed E-state index contributed by atoms with van der Waals surface area (Å²) < 4.78 is 15.7. The topological polar surface area (TPSA) is 73.6 Å². The van der Waals surface area contributed by atoms with E-state index < -0.39 is 0 Å². The maximum Gasteiger partial charge on any atom is 0.251 e. The predicted molar refractivity (Wildman–Crippen MR) is 77.7 cm³/mol. The van der Waals surface area contributed by atoms with Crippen LogP contribution in [0.2, 0.25) is 0 Å². The number of carbonyl (C=O) groups excluding carboxylic acids is 1. The summed E-state index contributed by atoms with van der Waals surface area (Å²) >= 11 is 0. The molecule has 4 rings (SSSR count).